The second-order valence-electron chi connectivity index (χ2n) is 4.24. The standard InChI is InChI=1S/C12H25O.Pb.H/c1-3-5-7-8-10-12(11-13)9-6-4-2;;/h11-13H,3-10H2,1-2H3;;. The van der Waals surface area contributed by atoms with E-state index in [2.05, 4.69) is 13.8 Å². The fraction of sp³-hybridized carbons (Fsp3) is 1.00. The predicted molar refractivity (Wildman–Crippen MR) is 64.9 cm³/mol. The van der Waals surface area contributed by atoms with E-state index in [4.69, 9.17) is 0 Å². The van der Waals surface area contributed by atoms with Gasteiger partial charge in [-0.25, -0.2) is 0 Å². The Kier molecular flexibility index (Phi) is 11.1. The van der Waals surface area contributed by atoms with Gasteiger partial charge in [0, 0.05) is 0 Å². The first-order valence-corrected chi connectivity index (χ1v) is 8.75. The van der Waals surface area contributed by atoms with Gasteiger partial charge in [-0.15, -0.1) is 0 Å². The van der Waals surface area contributed by atoms with E-state index in [-0.39, 0.29) is 3.66 Å². The molecule has 2 radical (unpaired) electrons. The van der Waals surface area contributed by atoms with E-state index >= 15 is 0 Å². The normalized spacial score (nSPS) is 15.4. The van der Waals surface area contributed by atoms with Crippen LogP contribution in [-0.4, -0.2) is 34.5 Å². The Hall–Kier alpha value is 0.882. The molecule has 0 aliphatic rings. The van der Waals surface area contributed by atoms with Crippen LogP contribution in [0, 0.1) is 5.92 Å². The summed E-state index contributed by atoms with van der Waals surface area (Å²) in [6.07, 6.45) is 10.4. The second kappa shape index (κ2) is 10.4. The van der Waals surface area contributed by atoms with E-state index in [1.165, 1.54) is 51.4 Å². The summed E-state index contributed by atoms with van der Waals surface area (Å²) < 4.78 is 0.0585. The summed E-state index contributed by atoms with van der Waals surface area (Å²) in [5, 5.41) is 9.67. The zero-order valence-electron chi connectivity index (χ0n) is 9.84. The zero-order valence-corrected chi connectivity index (χ0v) is 14.3. The van der Waals surface area contributed by atoms with Crippen LogP contribution in [0.2, 0.25) is 0 Å². The summed E-state index contributed by atoms with van der Waals surface area (Å²) in [6, 6.07) is 0. The molecule has 0 aromatic carbocycles. The summed E-state index contributed by atoms with van der Waals surface area (Å²) >= 11 is 0.744. The van der Waals surface area contributed by atoms with Gasteiger partial charge in [-0.2, -0.15) is 0 Å². The monoisotopic (exact) mass is 394 g/mol. The van der Waals surface area contributed by atoms with Crippen LogP contribution in [0.1, 0.15) is 65.2 Å². The molecule has 0 fully saturated rings. The van der Waals surface area contributed by atoms with Gasteiger partial charge in [-0.05, 0) is 0 Å². The van der Waals surface area contributed by atoms with Crippen molar-refractivity contribution < 1.29 is 5.11 Å². The van der Waals surface area contributed by atoms with Gasteiger partial charge in [-0.3, -0.25) is 0 Å². The van der Waals surface area contributed by atoms with Crippen molar-refractivity contribution in [3.05, 3.63) is 0 Å². The molecule has 0 saturated carbocycles. The van der Waals surface area contributed by atoms with Gasteiger partial charge in [0.05, 0.1) is 0 Å². The van der Waals surface area contributed by atoms with E-state index < -0.39 is 0 Å². The van der Waals surface area contributed by atoms with Crippen molar-refractivity contribution in [1.29, 1.82) is 0 Å². The van der Waals surface area contributed by atoms with E-state index in [0.717, 1.165) is 25.8 Å². The maximum atomic E-state index is 9.67. The molecule has 0 bridgehead atoms. The van der Waals surface area contributed by atoms with Gasteiger partial charge in [-0.1, -0.05) is 0 Å². The first kappa shape index (κ1) is 14.9. The summed E-state index contributed by atoms with van der Waals surface area (Å²) in [5.41, 5.74) is 0. The topological polar surface area (TPSA) is 20.2 Å². The van der Waals surface area contributed by atoms with Crippen molar-refractivity contribution in [2.45, 2.75) is 68.9 Å². The molecule has 1 N–H and O–H groups in total. The fourth-order valence-electron chi connectivity index (χ4n) is 1.79. The maximum absolute atomic E-state index is 9.67. The van der Waals surface area contributed by atoms with Crippen LogP contribution in [-0.2, 0) is 0 Å². The molecule has 0 aromatic heterocycles. The molecule has 14 heavy (non-hydrogen) atoms. The molecular formula is C12H26OPb. The minimum atomic E-state index is 0.0585. The predicted octanol–water partition coefficient (Wildman–Crippen LogP) is 2.98. The fourth-order valence-corrected chi connectivity index (χ4v) is 3.28. The third-order valence-corrected chi connectivity index (χ3v) is 4.96. The first-order valence-electron chi connectivity index (χ1n) is 6.16. The third kappa shape index (κ3) is 8.21. The second-order valence-corrected chi connectivity index (χ2v) is 6.90. The molecule has 0 heterocycles. The number of aliphatic hydroxyl groups excluding tert-OH is 1. The molecule has 2 heteroatoms. The molecule has 0 aromatic rings. The molecule has 1 nitrogen and oxygen atoms in total. The quantitative estimate of drug-likeness (QED) is 0.472. The van der Waals surface area contributed by atoms with E-state index in [1.54, 1.807) is 0 Å². The van der Waals surface area contributed by atoms with Gasteiger partial charge < -0.3 is 0 Å². The Balaban J connectivity index is 3.52. The first-order chi connectivity index (χ1) is 6.72. The van der Waals surface area contributed by atoms with Crippen molar-refractivity contribution in [1.82, 2.24) is 0 Å². The number of rotatable bonds is 9. The Labute approximate surface area is 105 Å². The summed E-state index contributed by atoms with van der Waals surface area (Å²) in [5.74, 6) is 0.622. The summed E-state index contributed by atoms with van der Waals surface area (Å²) in [7, 11) is 0. The van der Waals surface area contributed by atoms with Gasteiger partial charge in [0.1, 0.15) is 0 Å². The van der Waals surface area contributed by atoms with Crippen LogP contribution in [0.4, 0.5) is 0 Å². The molecule has 84 valence electrons. The summed E-state index contributed by atoms with van der Waals surface area (Å²) in [4.78, 5) is 0. The van der Waals surface area contributed by atoms with Crippen molar-refractivity contribution in [2.75, 3.05) is 0 Å². The van der Waals surface area contributed by atoms with Crippen LogP contribution in [0.25, 0.3) is 0 Å². The van der Waals surface area contributed by atoms with Crippen molar-refractivity contribution >= 4 is 25.8 Å². The number of aliphatic hydroxyl groups is 1. The van der Waals surface area contributed by atoms with Crippen LogP contribution < -0.4 is 0 Å². The average Bonchev–Trinajstić information content (AvgIpc) is 2.16. The minimum absolute atomic E-state index is 0.0585. The average molecular weight is 394 g/mol. The van der Waals surface area contributed by atoms with Crippen LogP contribution >= 0.6 is 0 Å². The van der Waals surface area contributed by atoms with E-state index in [9.17, 15) is 5.11 Å². The molecule has 0 aliphatic heterocycles. The van der Waals surface area contributed by atoms with Gasteiger partial charge in [0.2, 0.25) is 0 Å². The molecule has 2 atom stereocenters. The van der Waals surface area contributed by atoms with E-state index in [1.807, 2.05) is 0 Å². The van der Waals surface area contributed by atoms with Crippen LogP contribution in [0.3, 0.4) is 0 Å². The molecule has 0 spiro atoms. The van der Waals surface area contributed by atoms with Gasteiger partial charge in [0.25, 0.3) is 0 Å². The number of unbranched alkanes of at least 4 members (excludes halogenated alkanes) is 4. The molecule has 0 rings (SSSR count). The Morgan fingerprint density at radius 1 is 0.929 bits per heavy atom. The number of hydrogen-bond donors (Lipinski definition) is 1. The SMILES string of the molecule is CCCCCCC(CCCC)[CH](O)[PbH]. The van der Waals surface area contributed by atoms with Crippen LogP contribution in [0.5, 0.6) is 0 Å². The molecule has 0 aliphatic carbocycles. The van der Waals surface area contributed by atoms with Gasteiger partial charge in [0.15, 0.2) is 0 Å². The Morgan fingerprint density at radius 2 is 1.50 bits per heavy atom. The van der Waals surface area contributed by atoms with E-state index in [0.29, 0.717) is 5.92 Å². The Morgan fingerprint density at radius 3 is 2.00 bits per heavy atom. The summed E-state index contributed by atoms with van der Waals surface area (Å²) in [6.45, 7) is 4.48. The Bertz CT molecular complexity index is 115. The number of hydrogen-bond acceptors (Lipinski definition) is 1. The van der Waals surface area contributed by atoms with Gasteiger partial charge >= 0.3 is 106 Å². The zero-order chi connectivity index (χ0) is 10.8. The van der Waals surface area contributed by atoms with Crippen molar-refractivity contribution in [2.24, 2.45) is 5.92 Å². The molecule has 0 saturated heterocycles. The molecule has 2 unspecified atom stereocenters. The molecule has 0 amide bonds. The third-order valence-electron chi connectivity index (χ3n) is 2.84. The van der Waals surface area contributed by atoms with Crippen LogP contribution in [0.15, 0.2) is 0 Å². The van der Waals surface area contributed by atoms with Crippen molar-refractivity contribution in [3.63, 3.8) is 0 Å². The molecular weight excluding hydrogens is 367 g/mol. The van der Waals surface area contributed by atoms with Crippen molar-refractivity contribution in [3.8, 4) is 0 Å².